The molecule has 5 heteroatoms. The molecule has 0 bridgehead atoms. The van der Waals surface area contributed by atoms with Crippen LogP contribution in [0.4, 0.5) is 5.82 Å². The van der Waals surface area contributed by atoms with Crippen molar-refractivity contribution in [1.29, 1.82) is 0 Å². The van der Waals surface area contributed by atoms with Crippen LogP contribution in [0.2, 0.25) is 0 Å². The first-order valence-corrected chi connectivity index (χ1v) is 5.59. The summed E-state index contributed by atoms with van der Waals surface area (Å²) in [7, 11) is 5.62. The zero-order valence-corrected chi connectivity index (χ0v) is 11.0. The Hall–Kier alpha value is -0.980. The maximum absolute atomic E-state index is 5.20. The van der Waals surface area contributed by atoms with Crippen LogP contribution >= 0.6 is 22.6 Å². The molecule has 2 aromatic rings. The van der Waals surface area contributed by atoms with E-state index in [2.05, 4.69) is 27.6 Å². The fourth-order valence-corrected chi connectivity index (χ4v) is 2.04. The summed E-state index contributed by atoms with van der Waals surface area (Å²) in [5.74, 6) is 1.78. The Balaban J connectivity index is 2.64. The normalized spacial score (nSPS) is 10.7. The largest absolute Gasteiger partial charge is 0.497 e. The monoisotopic (exact) mass is 317 g/mol. The number of hydrogen-bond acceptors (Lipinski definition) is 3. The summed E-state index contributed by atoms with van der Waals surface area (Å²) in [6.07, 6.45) is 2.01. The minimum Gasteiger partial charge on any atom is -0.497 e. The third-order valence-electron chi connectivity index (χ3n) is 2.18. The molecule has 80 valence electrons. The summed E-state index contributed by atoms with van der Waals surface area (Å²) >= 11 is 2.27. The molecule has 2 heterocycles. The van der Waals surface area contributed by atoms with Crippen molar-refractivity contribution in [2.75, 3.05) is 26.1 Å². The smallest absolute Gasteiger partial charge is 0.147 e. The molecule has 15 heavy (non-hydrogen) atoms. The zero-order valence-electron chi connectivity index (χ0n) is 8.86. The van der Waals surface area contributed by atoms with Crippen LogP contribution in [0.15, 0.2) is 18.3 Å². The molecule has 0 radical (unpaired) electrons. The standard InChI is InChI=1S/C10H12IN3O/c1-13(2)10-6-14-8(11)4-7(15-3)5-9(14)12-10/h4-6H,1-3H3. The van der Waals surface area contributed by atoms with Crippen molar-refractivity contribution >= 4 is 34.1 Å². The number of aromatic nitrogens is 2. The Kier molecular flexibility index (Phi) is 2.72. The van der Waals surface area contributed by atoms with Crippen LogP contribution in [0.25, 0.3) is 5.65 Å². The average Bonchev–Trinajstić information content (AvgIpc) is 2.61. The van der Waals surface area contributed by atoms with Gasteiger partial charge < -0.3 is 9.64 Å². The van der Waals surface area contributed by atoms with E-state index < -0.39 is 0 Å². The maximum Gasteiger partial charge on any atom is 0.147 e. The second-order valence-corrected chi connectivity index (χ2v) is 4.54. The molecule has 0 saturated carbocycles. The summed E-state index contributed by atoms with van der Waals surface area (Å²) < 4.78 is 8.33. The van der Waals surface area contributed by atoms with Gasteiger partial charge in [-0.15, -0.1) is 0 Å². The van der Waals surface area contributed by atoms with Gasteiger partial charge in [0.15, 0.2) is 0 Å². The molecule has 0 spiro atoms. The van der Waals surface area contributed by atoms with Crippen LogP contribution in [-0.4, -0.2) is 30.6 Å². The molecule has 0 aliphatic heterocycles. The molecule has 4 nitrogen and oxygen atoms in total. The highest BCUT2D eigenvalue weighted by atomic mass is 127. The molecule has 0 fully saturated rings. The number of hydrogen-bond donors (Lipinski definition) is 0. The Labute approximate surface area is 102 Å². The fraction of sp³-hybridized carbons (Fsp3) is 0.300. The van der Waals surface area contributed by atoms with Crippen LogP contribution in [-0.2, 0) is 0 Å². The molecular formula is C10H12IN3O. The number of imidazole rings is 1. The van der Waals surface area contributed by atoms with E-state index in [9.17, 15) is 0 Å². The molecule has 0 atom stereocenters. The van der Waals surface area contributed by atoms with Gasteiger partial charge in [-0.1, -0.05) is 0 Å². The van der Waals surface area contributed by atoms with E-state index in [1.54, 1.807) is 7.11 Å². The first-order chi connectivity index (χ1) is 7.11. The van der Waals surface area contributed by atoms with Gasteiger partial charge in [0.25, 0.3) is 0 Å². The van der Waals surface area contributed by atoms with Crippen LogP contribution in [0.5, 0.6) is 5.75 Å². The predicted molar refractivity (Wildman–Crippen MR) is 68.8 cm³/mol. The molecule has 2 rings (SSSR count). The van der Waals surface area contributed by atoms with E-state index in [0.29, 0.717) is 0 Å². The third-order valence-corrected chi connectivity index (χ3v) is 3.01. The molecule has 0 aromatic carbocycles. The number of ether oxygens (including phenoxy) is 1. The van der Waals surface area contributed by atoms with Crippen LogP contribution in [0, 0.1) is 3.70 Å². The summed E-state index contributed by atoms with van der Waals surface area (Å²) in [6.45, 7) is 0. The van der Waals surface area contributed by atoms with E-state index in [-0.39, 0.29) is 0 Å². The Morgan fingerprint density at radius 3 is 2.73 bits per heavy atom. The molecule has 0 amide bonds. The second kappa shape index (κ2) is 3.88. The zero-order chi connectivity index (χ0) is 11.0. The lowest BCUT2D eigenvalue weighted by Gasteiger charge is -2.05. The number of fused-ring (bicyclic) bond motifs is 1. The van der Waals surface area contributed by atoms with Gasteiger partial charge in [0.1, 0.15) is 17.2 Å². The van der Waals surface area contributed by atoms with Crippen molar-refractivity contribution in [3.8, 4) is 5.75 Å². The molecule has 0 N–H and O–H groups in total. The first-order valence-electron chi connectivity index (χ1n) is 4.52. The highest BCUT2D eigenvalue weighted by Gasteiger charge is 2.07. The van der Waals surface area contributed by atoms with Crippen molar-refractivity contribution in [3.63, 3.8) is 0 Å². The fourth-order valence-electron chi connectivity index (χ4n) is 1.34. The van der Waals surface area contributed by atoms with Gasteiger partial charge in [-0.3, -0.25) is 4.40 Å². The van der Waals surface area contributed by atoms with Crippen molar-refractivity contribution < 1.29 is 4.74 Å². The lowest BCUT2D eigenvalue weighted by Crippen LogP contribution is -2.08. The molecule has 0 saturated heterocycles. The van der Waals surface area contributed by atoms with E-state index in [0.717, 1.165) is 20.9 Å². The summed E-state index contributed by atoms with van der Waals surface area (Å²) in [5.41, 5.74) is 0.905. The number of nitrogens with zero attached hydrogens (tertiary/aromatic N) is 3. The first kappa shape index (κ1) is 10.5. The summed E-state index contributed by atoms with van der Waals surface area (Å²) in [6, 6.07) is 3.91. The lowest BCUT2D eigenvalue weighted by molar-refractivity contribution is 0.414. The molecule has 0 unspecified atom stereocenters. The second-order valence-electron chi connectivity index (χ2n) is 3.44. The van der Waals surface area contributed by atoms with E-state index in [1.807, 2.05) is 41.7 Å². The number of halogens is 1. The Morgan fingerprint density at radius 1 is 1.40 bits per heavy atom. The SMILES string of the molecule is COc1cc(I)n2cc(N(C)C)nc2c1. The predicted octanol–water partition coefficient (Wildman–Crippen LogP) is 2.01. The van der Waals surface area contributed by atoms with Crippen molar-refractivity contribution in [3.05, 3.63) is 22.0 Å². The van der Waals surface area contributed by atoms with Gasteiger partial charge in [-0.05, 0) is 22.6 Å². The highest BCUT2D eigenvalue weighted by molar-refractivity contribution is 14.1. The third kappa shape index (κ3) is 1.88. The van der Waals surface area contributed by atoms with Crippen LogP contribution in [0.3, 0.4) is 0 Å². The number of anilines is 1. The van der Waals surface area contributed by atoms with Gasteiger partial charge in [-0.25, -0.2) is 4.98 Å². The minimum absolute atomic E-state index is 0.836. The average molecular weight is 317 g/mol. The number of rotatable bonds is 2. The highest BCUT2D eigenvalue weighted by Crippen LogP contribution is 2.21. The maximum atomic E-state index is 5.20. The summed E-state index contributed by atoms with van der Waals surface area (Å²) in [4.78, 5) is 6.47. The molecule has 0 aliphatic carbocycles. The molecule has 2 aromatic heterocycles. The Morgan fingerprint density at radius 2 is 2.13 bits per heavy atom. The number of pyridine rings is 1. The van der Waals surface area contributed by atoms with Gasteiger partial charge in [0, 0.05) is 26.2 Å². The van der Waals surface area contributed by atoms with Gasteiger partial charge in [0.2, 0.25) is 0 Å². The van der Waals surface area contributed by atoms with E-state index >= 15 is 0 Å². The molecular weight excluding hydrogens is 305 g/mol. The van der Waals surface area contributed by atoms with Gasteiger partial charge in [-0.2, -0.15) is 0 Å². The molecule has 0 aliphatic rings. The van der Waals surface area contributed by atoms with E-state index in [4.69, 9.17) is 4.74 Å². The quantitative estimate of drug-likeness (QED) is 0.627. The van der Waals surface area contributed by atoms with Crippen molar-refractivity contribution in [1.82, 2.24) is 9.38 Å². The van der Waals surface area contributed by atoms with Crippen molar-refractivity contribution in [2.45, 2.75) is 0 Å². The summed E-state index contributed by atoms with van der Waals surface area (Å²) in [5, 5.41) is 0. The number of methoxy groups -OCH3 is 1. The topological polar surface area (TPSA) is 29.8 Å². The van der Waals surface area contributed by atoms with Crippen LogP contribution in [0.1, 0.15) is 0 Å². The van der Waals surface area contributed by atoms with Gasteiger partial charge in [0.05, 0.1) is 17.0 Å². The minimum atomic E-state index is 0.836. The van der Waals surface area contributed by atoms with E-state index in [1.165, 1.54) is 0 Å². The van der Waals surface area contributed by atoms with Gasteiger partial charge >= 0.3 is 0 Å². The van der Waals surface area contributed by atoms with Crippen molar-refractivity contribution in [2.24, 2.45) is 0 Å². The Bertz CT molecular complexity index is 493. The lowest BCUT2D eigenvalue weighted by atomic mass is 10.4. The van der Waals surface area contributed by atoms with Crippen LogP contribution < -0.4 is 9.64 Å².